The fourth-order valence-corrected chi connectivity index (χ4v) is 3.35. The Morgan fingerprint density at radius 2 is 1.85 bits per heavy atom. The van der Waals surface area contributed by atoms with Gasteiger partial charge in [0.05, 0.1) is 11.8 Å². The van der Waals surface area contributed by atoms with Crippen molar-refractivity contribution in [3.8, 4) is 0 Å². The molecular weight excluding hydrogens is 280 g/mol. The van der Waals surface area contributed by atoms with Gasteiger partial charge in [0.2, 0.25) is 15.9 Å². The number of hydrogen-bond acceptors (Lipinski definition) is 5. The third-order valence-corrected chi connectivity index (χ3v) is 5.47. The van der Waals surface area contributed by atoms with Crippen LogP contribution in [0.1, 0.15) is 20.3 Å². The SMILES string of the molecule is CNC(C)(CC(C)N1CCN(S(C)(=O)=O)CC1)C(N)=O. The predicted molar refractivity (Wildman–Crippen MR) is 78.7 cm³/mol. The maximum Gasteiger partial charge on any atom is 0.237 e. The molecule has 1 amide bonds. The summed E-state index contributed by atoms with van der Waals surface area (Å²) in [4.78, 5) is 13.7. The fraction of sp³-hybridized carbons (Fsp3) is 0.917. The Bertz CT molecular complexity index is 446. The molecule has 1 rings (SSSR count). The lowest BCUT2D eigenvalue weighted by atomic mass is 9.92. The summed E-state index contributed by atoms with van der Waals surface area (Å²) in [7, 11) is -1.39. The summed E-state index contributed by atoms with van der Waals surface area (Å²) in [5, 5.41) is 2.97. The van der Waals surface area contributed by atoms with E-state index in [1.807, 2.05) is 6.92 Å². The summed E-state index contributed by atoms with van der Waals surface area (Å²) in [5.41, 5.74) is 4.69. The van der Waals surface area contributed by atoms with Crippen molar-refractivity contribution >= 4 is 15.9 Å². The van der Waals surface area contributed by atoms with Crippen LogP contribution in [-0.2, 0) is 14.8 Å². The van der Waals surface area contributed by atoms with Gasteiger partial charge in [0.25, 0.3) is 0 Å². The third-order valence-electron chi connectivity index (χ3n) is 4.16. The maximum absolute atomic E-state index is 11.5. The second-order valence-corrected chi connectivity index (χ2v) is 7.68. The van der Waals surface area contributed by atoms with Crippen LogP contribution < -0.4 is 11.1 Å². The van der Waals surface area contributed by atoms with Gasteiger partial charge < -0.3 is 11.1 Å². The molecular formula is C12H26N4O3S. The summed E-state index contributed by atoms with van der Waals surface area (Å²) in [6.07, 6.45) is 1.83. The normalized spacial score (nSPS) is 23.2. The Hall–Kier alpha value is -0.700. The minimum Gasteiger partial charge on any atom is -0.368 e. The summed E-state index contributed by atoms with van der Waals surface area (Å²) in [6, 6.07) is 0.154. The topological polar surface area (TPSA) is 95.7 Å². The molecule has 2 atom stereocenters. The van der Waals surface area contributed by atoms with Crippen molar-refractivity contribution in [3.63, 3.8) is 0 Å². The van der Waals surface area contributed by atoms with Crippen LogP contribution >= 0.6 is 0 Å². The second-order valence-electron chi connectivity index (χ2n) is 5.70. The predicted octanol–water partition coefficient (Wildman–Crippen LogP) is -1.19. The highest BCUT2D eigenvalue weighted by atomic mass is 32.2. The Morgan fingerprint density at radius 3 is 2.20 bits per heavy atom. The monoisotopic (exact) mass is 306 g/mol. The van der Waals surface area contributed by atoms with Crippen LogP contribution in [0.2, 0.25) is 0 Å². The van der Waals surface area contributed by atoms with Crippen LogP contribution in [-0.4, -0.2) is 74.6 Å². The molecule has 118 valence electrons. The van der Waals surface area contributed by atoms with Crippen LogP contribution in [0.3, 0.4) is 0 Å². The zero-order valence-corrected chi connectivity index (χ0v) is 13.5. The Balaban J connectivity index is 2.59. The highest BCUT2D eigenvalue weighted by Gasteiger charge is 2.34. The highest BCUT2D eigenvalue weighted by Crippen LogP contribution is 2.18. The first kappa shape index (κ1) is 17.4. The second kappa shape index (κ2) is 6.38. The lowest BCUT2D eigenvalue weighted by molar-refractivity contribution is -0.124. The summed E-state index contributed by atoms with van der Waals surface area (Å²) >= 11 is 0. The Kier molecular flexibility index (Phi) is 5.54. The molecule has 1 saturated heterocycles. The molecule has 2 unspecified atom stereocenters. The molecule has 0 saturated carbocycles. The molecule has 1 fully saturated rings. The van der Waals surface area contributed by atoms with Crippen molar-refractivity contribution in [2.75, 3.05) is 39.5 Å². The lowest BCUT2D eigenvalue weighted by Crippen LogP contribution is -2.57. The number of nitrogens with one attached hydrogen (secondary N) is 1. The van der Waals surface area contributed by atoms with Gasteiger partial charge in [-0.2, -0.15) is 4.31 Å². The van der Waals surface area contributed by atoms with Crippen LogP contribution in [0.15, 0.2) is 0 Å². The molecule has 1 aliphatic heterocycles. The standard InChI is InChI=1S/C12H26N4O3S/c1-10(9-12(2,14-3)11(13)17)15-5-7-16(8-6-15)20(4,18)19/h10,14H,5-9H2,1-4H3,(H2,13,17). The van der Waals surface area contributed by atoms with Crippen LogP contribution in [0.4, 0.5) is 0 Å². The van der Waals surface area contributed by atoms with Gasteiger partial charge in [-0.3, -0.25) is 9.69 Å². The number of piperazine rings is 1. The molecule has 0 spiro atoms. The minimum absolute atomic E-state index is 0.154. The molecule has 0 aromatic heterocycles. The van der Waals surface area contributed by atoms with Crippen LogP contribution in [0, 0.1) is 0 Å². The molecule has 20 heavy (non-hydrogen) atoms. The first-order valence-corrected chi connectivity index (χ1v) is 8.63. The van der Waals surface area contributed by atoms with Gasteiger partial charge in [-0.05, 0) is 27.3 Å². The van der Waals surface area contributed by atoms with Crippen molar-refractivity contribution < 1.29 is 13.2 Å². The van der Waals surface area contributed by atoms with Crippen LogP contribution in [0.5, 0.6) is 0 Å². The van der Waals surface area contributed by atoms with Gasteiger partial charge in [-0.1, -0.05) is 0 Å². The number of carbonyl (C=O) groups excluding carboxylic acids is 1. The van der Waals surface area contributed by atoms with E-state index in [2.05, 4.69) is 10.2 Å². The van der Waals surface area contributed by atoms with E-state index in [1.165, 1.54) is 10.6 Å². The molecule has 1 aliphatic rings. The largest absolute Gasteiger partial charge is 0.368 e. The van der Waals surface area contributed by atoms with Crippen molar-refractivity contribution in [1.82, 2.24) is 14.5 Å². The average Bonchev–Trinajstić information content (AvgIpc) is 2.37. The van der Waals surface area contributed by atoms with Crippen molar-refractivity contribution in [2.45, 2.75) is 31.8 Å². The van der Waals surface area contributed by atoms with E-state index in [-0.39, 0.29) is 11.9 Å². The first-order valence-electron chi connectivity index (χ1n) is 6.78. The lowest BCUT2D eigenvalue weighted by Gasteiger charge is -2.39. The number of likely N-dealkylation sites (N-methyl/N-ethyl adjacent to an activating group) is 1. The van der Waals surface area contributed by atoms with Crippen molar-refractivity contribution in [3.05, 3.63) is 0 Å². The number of rotatable bonds is 6. The Labute approximate surface area is 121 Å². The molecule has 0 aliphatic carbocycles. The molecule has 8 heteroatoms. The maximum atomic E-state index is 11.5. The van der Waals surface area contributed by atoms with Gasteiger partial charge in [-0.25, -0.2) is 8.42 Å². The van der Waals surface area contributed by atoms with E-state index < -0.39 is 15.6 Å². The molecule has 0 bridgehead atoms. The molecule has 0 aromatic rings. The number of carbonyl (C=O) groups is 1. The van der Waals surface area contributed by atoms with E-state index in [0.29, 0.717) is 32.6 Å². The van der Waals surface area contributed by atoms with Gasteiger partial charge in [0.15, 0.2) is 0 Å². The third kappa shape index (κ3) is 4.15. The first-order chi connectivity index (χ1) is 9.10. The van der Waals surface area contributed by atoms with Gasteiger partial charge in [0, 0.05) is 32.2 Å². The number of hydrogen-bond donors (Lipinski definition) is 2. The van der Waals surface area contributed by atoms with Gasteiger partial charge >= 0.3 is 0 Å². The zero-order valence-electron chi connectivity index (χ0n) is 12.7. The molecule has 1 heterocycles. The molecule has 7 nitrogen and oxygen atoms in total. The van der Waals surface area contributed by atoms with E-state index >= 15 is 0 Å². The van der Waals surface area contributed by atoms with E-state index in [0.717, 1.165) is 0 Å². The van der Waals surface area contributed by atoms with E-state index in [1.54, 1.807) is 14.0 Å². The zero-order chi connectivity index (χ0) is 15.6. The quantitative estimate of drug-likeness (QED) is 0.643. The summed E-state index contributed by atoms with van der Waals surface area (Å²) in [6.45, 7) is 6.17. The average molecular weight is 306 g/mol. The van der Waals surface area contributed by atoms with Crippen molar-refractivity contribution in [2.24, 2.45) is 5.73 Å². The number of sulfonamides is 1. The van der Waals surface area contributed by atoms with E-state index in [4.69, 9.17) is 5.73 Å². The number of primary amides is 1. The summed E-state index contributed by atoms with van der Waals surface area (Å²) in [5.74, 6) is -0.373. The number of amides is 1. The molecule has 0 radical (unpaired) electrons. The summed E-state index contributed by atoms with van der Waals surface area (Å²) < 4.78 is 24.4. The van der Waals surface area contributed by atoms with Crippen LogP contribution in [0.25, 0.3) is 0 Å². The number of nitrogens with zero attached hydrogens (tertiary/aromatic N) is 2. The number of nitrogens with two attached hydrogens (primary N) is 1. The molecule has 3 N–H and O–H groups in total. The van der Waals surface area contributed by atoms with E-state index in [9.17, 15) is 13.2 Å². The van der Waals surface area contributed by atoms with Crippen molar-refractivity contribution in [1.29, 1.82) is 0 Å². The van der Waals surface area contributed by atoms with Gasteiger partial charge in [-0.15, -0.1) is 0 Å². The van der Waals surface area contributed by atoms with Gasteiger partial charge in [0.1, 0.15) is 0 Å². The Morgan fingerprint density at radius 1 is 1.35 bits per heavy atom. The molecule has 0 aromatic carbocycles. The fourth-order valence-electron chi connectivity index (χ4n) is 2.52. The smallest absolute Gasteiger partial charge is 0.237 e. The highest BCUT2D eigenvalue weighted by molar-refractivity contribution is 7.88. The minimum atomic E-state index is -3.11.